The van der Waals surface area contributed by atoms with Gasteiger partial charge in [0.15, 0.2) is 0 Å². The van der Waals surface area contributed by atoms with Crippen LogP contribution in [0.5, 0.6) is 0 Å². The summed E-state index contributed by atoms with van der Waals surface area (Å²) in [5, 5.41) is 0. The van der Waals surface area contributed by atoms with E-state index in [2.05, 4.69) is 53.7 Å². The highest BCUT2D eigenvalue weighted by atomic mass is 14.4. The lowest BCUT2D eigenvalue weighted by molar-refractivity contribution is 0.358. The van der Waals surface area contributed by atoms with Crippen molar-refractivity contribution in [2.45, 2.75) is 119 Å². The summed E-state index contributed by atoms with van der Waals surface area (Å²) in [6.45, 7) is 14.1. The van der Waals surface area contributed by atoms with Crippen LogP contribution in [0.3, 0.4) is 0 Å². The molecule has 0 unspecified atom stereocenters. The van der Waals surface area contributed by atoms with Gasteiger partial charge in [-0.3, -0.25) is 0 Å². The maximum atomic E-state index is 2.49. The maximum Gasteiger partial charge on any atom is -0.0276 e. The van der Waals surface area contributed by atoms with E-state index in [9.17, 15) is 0 Å². The summed E-state index contributed by atoms with van der Waals surface area (Å²) in [6, 6.07) is 4.97. The zero-order chi connectivity index (χ0) is 19.2. The first-order valence-corrected chi connectivity index (χ1v) is 11.3. The highest BCUT2D eigenvalue weighted by molar-refractivity contribution is 5.37. The van der Waals surface area contributed by atoms with Gasteiger partial charge in [0.05, 0.1) is 0 Å². The van der Waals surface area contributed by atoms with Crippen LogP contribution in [-0.2, 0) is 12.8 Å². The number of hydrogen-bond donors (Lipinski definition) is 0. The normalized spacial score (nSPS) is 16.1. The van der Waals surface area contributed by atoms with Gasteiger partial charge < -0.3 is 0 Å². The molecular formula is C26H44. The summed E-state index contributed by atoms with van der Waals surface area (Å²) in [6.07, 6.45) is 16.6. The zero-order valence-corrected chi connectivity index (χ0v) is 18.6. The van der Waals surface area contributed by atoms with Gasteiger partial charge in [0, 0.05) is 0 Å². The van der Waals surface area contributed by atoms with Crippen molar-refractivity contribution in [1.29, 1.82) is 0 Å². The molecule has 0 atom stereocenters. The number of aryl methyl sites for hydroxylation is 4. The zero-order valence-electron chi connectivity index (χ0n) is 18.6. The molecule has 0 spiro atoms. The first kappa shape index (κ1) is 21.5. The van der Waals surface area contributed by atoms with Crippen LogP contribution in [0.25, 0.3) is 0 Å². The van der Waals surface area contributed by atoms with Crippen molar-refractivity contribution in [1.82, 2.24) is 0 Å². The van der Waals surface area contributed by atoms with Crippen molar-refractivity contribution < 1.29 is 0 Å². The Kier molecular flexibility index (Phi) is 7.80. The summed E-state index contributed by atoms with van der Waals surface area (Å²) < 4.78 is 0. The first-order chi connectivity index (χ1) is 12.2. The van der Waals surface area contributed by atoms with Crippen molar-refractivity contribution in [2.75, 3.05) is 0 Å². The van der Waals surface area contributed by atoms with E-state index in [-0.39, 0.29) is 0 Å². The van der Waals surface area contributed by atoms with Gasteiger partial charge in [-0.25, -0.2) is 0 Å². The molecule has 0 saturated heterocycles. The van der Waals surface area contributed by atoms with Crippen LogP contribution in [0.15, 0.2) is 12.1 Å². The summed E-state index contributed by atoms with van der Waals surface area (Å²) in [5.74, 6) is 0. The van der Waals surface area contributed by atoms with Crippen molar-refractivity contribution in [2.24, 2.45) is 10.8 Å². The topological polar surface area (TPSA) is 0 Å². The summed E-state index contributed by atoms with van der Waals surface area (Å²) in [4.78, 5) is 0. The van der Waals surface area contributed by atoms with Gasteiger partial charge in [-0.1, -0.05) is 65.5 Å². The molecule has 1 saturated carbocycles. The van der Waals surface area contributed by atoms with E-state index in [1.807, 2.05) is 0 Å². The van der Waals surface area contributed by atoms with Crippen LogP contribution in [0, 0.1) is 24.7 Å². The monoisotopic (exact) mass is 356 g/mol. The summed E-state index contributed by atoms with van der Waals surface area (Å²) in [5.41, 5.74) is 7.45. The van der Waals surface area contributed by atoms with E-state index >= 15 is 0 Å². The van der Waals surface area contributed by atoms with Crippen LogP contribution < -0.4 is 0 Å². The summed E-state index contributed by atoms with van der Waals surface area (Å²) in [7, 11) is 0. The van der Waals surface area contributed by atoms with Crippen molar-refractivity contribution in [3.63, 3.8) is 0 Å². The molecule has 0 heterocycles. The SMILES string of the molecule is Cc1cc(CCCCCC(C)(C)C)c(CCCCCC2(C)CC2)cc1C. The molecule has 0 bridgehead atoms. The van der Waals surface area contributed by atoms with Crippen LogP contribution in [0.4, 0.5) is 0 Å². The molecule has 26 heavy (non-hydrogen) atoms. The second-order valence-corrected chi connectivity index (χ2v) is 10.7. The second kappa shape index (κ2) is 9.43. The fraction of sp³-hybridized carbons (Fsp3) is 0.769. The van der Waals surface area contributed by atoms with Gasteiger partial charge in [-0.15, -0.1) is 0 Å². The second-order valence-electron chi connectivity index (χ2n) is 10.7. The van der Waals surface area contributed by atoms with Crippen LogP contribution in [0.1, 0.15) is 114 Å². The average Bonchev–Trinajstić information content (AvgIpc) is 3.27. The Balaban J connectivity index is 1.77. The van der Waals surface area contributed by atoms with E-state index in [4.69, 9.17) is 0 Å². The third-order valence-corrected chi connectivity index (χ3v) is 6.52. The molecule has 0 aromatic heterocycles. The number of rotatable bonds is 11. The molecular weight excluding hydrogens is 312 g/mol. The van der Waals surface area contributed by atoms with Crippen LogP contribution in [-0.4, -0.2) is 0 Å². The maximum absolute atomic E-state index is 2.49. The minimum atomic E-state index is 0.489. The van der Waals surface area contributed by atoms with Gasteiger partial charge in [0.1, 0.15) is 0 Å². The lowest BCUT2D eigenvalue weighted by Crippen LogP contribution is -2.04. The van der Waals surface area contributed by atoms with Crippen molar-refractivity contribution >= 4 is 0 Å². The number of unbranched alkanes of at least 4 members (excludes halogenated alkanes) is 4. The summed E-state index contributed by atoms with van der Waals surface area (Å²) >= 11 is 0. The molecule has 0 amide bonds. The molecule has 0 N–H and O–H groups in total. The Bertz CT molecular complexity index is 514. The van der Waals surface area contributed by atoms with Gasteiger partial charge >= 0.3 is 0 Å². The van der Waals surface area contributed by atoms with Crippen molar-refractivity contribution in [3.8, 4) is 0 Å². The fourth-order valence-electron chi connectivity index (χ4n) is 4.06. The highest BCUT2D eigenvalue weighted by Gasteiger charge is 2.35. The molecule has 1 aliphatic carbocycles. The van der Waals surface area contributed by atoms with Gasteiger partial charge in [0.25, 0.3) is 0 Å². The van der Waals surface area contributed by atoms with Crippen LogP contribution in [0.2, 0.25) is 0 Å². The predicted octanol–water partition coefficient (Wildman–Crippen LogP) is 8.36. The molecule has 2 rings (SSSR count). The Morgan fingerprint density at radius 2 is 1.27 bits per heavy atom. The van der Waals surface area contributed by atoms with Crippen LogP contribution >= 0.6 is 0 Å². The molecule has 1 aromatic rings. The number of benzene rings is 1. The van der Waals surface area contributed by atoms with E-state index in [1.54, 1.807) is 11.1 Å². The highest BCUT2D eigenvalue weighted by Crippen LogP contribution is 2.49. The third-order valence-electron chi connectivity index (χ3n) is 6.52. The third kappa shape index (κ3) is 7.85. The van der Waals surface area contributed by atoms with E-state index in [0.717, 1.165) is 5.41 Å². The lowest BCUT2D eigenvalue weighted by atomic mass is 9.88. The molecule has 0 heteroatoms. The molecule has 0 nitrogen and oxygen atoms in total. The largest absolute Gasteiger partial charge is 0.0602 e. The Labute approximate surface area is 164 Å². The molecule has 0 radical (unpaired) electrons. The van der Waals surface area contributed by atoms with Gasteiger partial charge in [0.2, 0.25) is 0 Å². The van der Waals surface area contributed by atoms with E-state index in [1.165, 1.54) is 88.2 Å². The minimum absolute atomic E-state index is 0.489. The standard InChI is InChI=1S/C26H44/c1-21-19-23(13-9-7-11-15-25(3,4)5)24(20-22(21)2)14-10-8-12-16-26(6)17-18-26/h19-20H,7-18H2,1-6H3. The Morgan fingerprint density at radius 1 is 0.769 bits per heavy atom. The molecule has 148 valence electrons. The smallest absolute Gasteiger partial charge is 0.0276 e. The van der Waals surface area contributed by atoms with Gasteiger partial charge in [-0.05, 0) is 98.3 Å². The quantitative estimate of drug-likeness (QED) is 0.349. The van der Waals surface area contributed by atoms with Crippen molar-refractivity contribution in [3.05, 3.63) is 34.4 Å². The molecule has 1 aromatic carbocycles. The minimum Gasteiger partial charge on any atom is -0.0602 e. The van der Waals surface area contributed by atoms with E-state index < -0.39 is 0 Å². The lowest BCUT2D eigenvalue weighted by Gasteiger charge is -2.18. The predicted molar refractivity (Wildman–Crippen MR) is 117 cm³/mol. The van der Waals surface area contributed by atoms with E-state index in [0.29, 0.717) is 5.41 Å². The number of hydrogen-bond acceptors (Lipinski definition) is 0. The molecule has 1 aliphatic rings. The van der Waals surface area contributed by atoms with Gasteiger partial charge in [-0.2, -0.15) is 0 Å². The average molecular weight is 357 g/mol. The fourth-order valence-corrected chi connectivity index (χ4v) is 4.06. The molecule has 1 fully saturated rings. The Morgan fingerprint density at radius 3 is 1.73 bits per heavy atom. The molecule has 0 aliphatic heterocycles. The Hall–Kier alpha value is -0.780. The first-order valence-electron chi connectivity index (χ1n) is 11.3.